The summed E-state index contributed by atoms with van der Waals surface area (Å²) < 4.78 is 5.60. The molecule has 0 aliphatic heterocycles. The number of rotatable bonds is 7. The number of primary amides is 1. The van der Waals surface area contributed by atoms with Gasteiger partial charge in [0.05, 0.1) is 18.7 Å². The fourth-order valence-electron chi connectivity index (χ4n) is 1.96. The molecule has 6 heteroatoms. The van der Waals surface area contributed by atoms with E-state index in [1.54, 1.807) is 6.07 Å². The average Bonchev–Trinajstić information content (AvgIpc) is 2.53. The number of pyridine rings is 1. The first kappa shape index (κ1) is 15.9. The first-order valence-electron chi connectivity index (χ1n) is 6.82. The molecule has 2 atom stereocenters. The summed E-state index contributed by atoms with van der Waals surface area (Å²) in [4.78, 5) is 14.7. The Morgan fingerprint density at radius 1 is 1.23 bits per heavy atom. The fourth-order valence-corrected chi connectivity index (χ4v) is 1.96. The van der Waals surface area contributed by atoms with Crippen LogP contribution in [-0.2, 0) is 11.4 Å². The van der Waals surface area contributed by atoms with Gasteiger partial charge in [-0.25, -0.2) is 0 Å². The molecule has 0 aliphatic carbocycles. The lowest BCUT2D eigenvalue weighted by molar-refractivity contribution is -0.121. The van der Waals surface area contributed by atoms with E-state index >= 15 is 0 Å². The van der Waals surface area contributed by atoms with Gasteiger partial charge in [-0.2, -0.15) is 0 Å². The van der Waals surface area contributed by atoms with E-state index in [2.05, 4.69) is 4.98 Å². The van der Waals surface area contributed by atoms with Crippen LogP contribution in [0.2, 0.25) is 0 Å². The van der Waals surface area contributed by atoms with Gasteiger partial charge in [-0.15, -0.1) is 0 Å². The van der Waals surface area contributed by atoms with Crippen LogP contribution in [0, 0.1) is 0 Å². The number of aliphatic hydroxyl groups is 2. The van der Waals surface area contributed by atoms with E-state index in [4.69, 9.17) is 10.5 Å². The van der Waals surface area contributed by atoms with Gasteiger partial charge in [0, 0.05) is 11.8 Å². The summed E-state index contributed by atoms with van der Waals surface area (Å²) in [6.07, 6.45) is 0.0732. The average molecular weight is 302 g/mol. The highest BCUT2D eigenvalue weighted by atomic mass is 16.5. The largest absolute Gasteiger partial charge is 0.487 e. The fraction of sp³-hybridized carbons (Fsp3) is 0.250. The number of carbonyl (C=O) groups is 1. The molecule has 1 heterocycles. The Morgan fingerprint density at radius 3 is 2.64 bits per heavy atom. The van der Waals surface area contributed by atoms with Crippen LogP contribution in [0.5, 0.6) is 5.75 Å². The van der Waals surface area contributed by atoms with Gasteiger partial charge in [0.15, 0.2) is 0 Å². The highest BCUT2D eigenvalue weighted by Gasteiger charge is 2.21. The van der Waals surface area contributed by atoms with E-state index in [-0.39, 0.29) is 6.42 Å². The Bertz CT molecular complexity index is 619. The van der Waals surface area contributed by atoms with Crippen molar-refractivity contribution in [1.82, 2.24) is 4.98 Å². The summed E-state index contributed by atoms with van der Waals surface area (Å²) in [5, 5.41) is 19.7. The number of hydrogen-bond acceptors (Lipinski definition) is 5. The Labute approximate surface area is 128 Å². The molecule has 2 unspecified atom stereocenters. The molecule has 0 radical (unpaired) electrons. The lowest BCUT2D eigenvalue weighted by atomic mass is 10.0. The molecular formula is C16H18N2O4. The maximum absolute atomic E-state index is 10.8. The second-order valence-electron chi connectivity index (χ2n) is 4.91. The van der Waals surface area contributed by atoms with Crippen molar-refractivity contribution in [1.29, 1.82) is 0 Å². The molecule has 0 aliphatic rings. The van der Waals surface area contributed by atoms with Crippen LogP contribution in [0.3, 0.4) is 0 Å². The van der Waals surface area contributed by atoms with Gasteiger partial charge < -0.3 is 20.7 Å². The van der Waals surface area contributed by atoms with E-state index in [0.29, 0.717) is 17.9 Å². The molecule has 0 saturated carbocycles. The SMILES string of the molecule is NC(=O)CC(O)C(O)c1cncc(OCc2ccccc2)c1. The van der Waals surface area contributed by atoms with E-state index in [9.17, 15) is 15.0 Å². The van der Waals surface area contributed by atoms with Gasteiger partial charge in [-0.05, 0) is 11.6 Å². The van der Waals surface area contributed by atoms with Crippen molar-refractivity contribution >= 4 is 5.91 Å². The predicted molar refractivity (Wildman–Crippen MR) is 79.8 cm³/mol. The molecule has 6 nitrogen and oxygen atoms in total. The highest BCUT2D eigenvalue weighted by Crippen LogP contribution is 2.22. The molecule has 4 N–H and O–H groups in total. The monoisotopic (exact) mass is 302 g/mol. The summed E-state index contributed by atoms with van der Waals surface area (Å²) >= 11 is 0. The van der Waals surface area contributed by atoms with Crippen LogP contribution in [0.15, 0.2) is 48.8 Å². The molecule has 1 aromatic carbocycles. The van der Waals surface area contributed by atoms with Gasteiger partial charge >= 0.3 is 0 Å². The Morgan fingerprint density at radius 2 is 1.95 bits per heavy atom. The van der Waals surface area contributed by atoms with Gasteiger partial charge in [-0.1, -0.05) is 30.3 Å². The molecule has 0 spiro atoms. The lowest BCUT2D eigenvalue weighted by Crippen LogP contribution is -2.25. The van der Waals surface area contributed by atoms with Crippen molar-refractivity contribution in [3.8, 4) is 5.75 Å². The Balaban J connectivity index is 2.01. The van der Waals surface area contributed by atoms with Crippen molar-refractivity contribution in [3.05, 3.63) is 59.9 Å². The van der Waals surface area contributed by atoms with Gasteiger partial charge in [0.25, 0.3) is 0 Å². The van der Waals surface area contributed by atoms with Gasteiger partial charge in [0.2, 0.25) is 5.91 Å². The summed E-state index contributed by atoms with van der Waals surface area (Å²) in [6, 6.07) is 11.2. The normalized spacial score (nSPS) is 13.4. The Hall–Kier alpha value is -2.44. The molecule has 1 amide bonds. The van der Waals surface area contributed by atoms with Crippen molar-refractivity contribution in [3.63, 3.8) is 0 Å². The number of aliphatic hydroxyl groups excluding tert-OH is 2. The van der Waals surface area contributed by atoms with E-state index in [0.717, 1.165) is 5.56 Å². The number of nitrogens with zero attached hydrogens (tertiary/aromatic N) is 1. The van der Waals surface area contributed by atoms with Crippen LogP contribution >= 0.6 is 0 Å². The minimum atomic E-state index is -1.27. The summed E-state index contributed by atoms with van der Waals surface area (Å²) in [7, 11) is 0. The minimum Gasteiger partial charge on any atom is -0.487 e. The standard InChI is InChI=1S/C16H18N2O4/c17-15(20)7-14(19)16(21)12-6-13(9-18-8-12)22-10-11-4-2-1-3-5-11/h1-6,8-9,14,16,19,21H,7,10H2,(H2,17,20). The molecule has 22 heavy (non-hydrogen) atoms. The maximum Gasteiger partial charge on any atom is 0.220 e. The van der Waals surface area contributed by atoms with Crippen LogP contribution < -0.4 is 10.5 Å². The quantitative estimate of drug-likeness (QED) is 0.705. The first-order chi connectivity index (χ1) is 10.6. The van der Waals surface area contributed by atoms with Crippen LogP contribution in [0.1, 0.15) is 23.7 Å². The second-order valence-corrected chi connectivity index (χ2v) is 4.91. The van der Waals surface area contributed by atoms with E-state index < -0.39 is 18.1 Å². The van der Waals surface area contributed by atoms with Gasteiger partial charge in [-0.3, -0.25) is 9.78 Å². The van der Waals surface area contributed by atoms with Crippen molar-refractivity contribution in [2.45, 2.75) is 25.2 Å². The summed E-state index contributed by atoms with van der Waals surface area (Å²) in [6.45, 7) is 0.367. The third-order valence-corrected chi connectivity index (χ3v) is 3.10. The second kappa shape index (κ2) is 7.53. The number of nitrogens with two attached hydrogens (primary N) is 1. The Kier molecular flexibility index (Phi) is 5.46. The maximum atomic E-state index is 10.8. The van der Waals surface area contributed by atoms with Crippen molar-refractivity contribution < 1.29 is 19.7 Å². The number of aromatic nitrogens is 1. The number of benzene rings is 1. The van der Waals surface area contributed by atoms with E-state index in [1.807, 2.05) is 30.3 Å². The third-order valence-electron chi connectivity index (χ3n) is 3.10. The number of amides is 1. The van der Waals surface area contributed by atoms with Crippen molar-refractivity contribution in [2.75, 3.05) is 0 Å². The zero-order chi connectivity index (χ0) is 15.9. The lowest BCUT2D eigenvalue weighted by Gasteiger charge is -2.17. The molecule has 0 saturated heterocycles. The zero-order valence-corrected chi connectivity index (χ0v) is 11.9. The van der Waals surface area contributed by atoms with Crippen LogP contribution in [-0.4, -0.2) is 27.2 Å². The molecule has 0 bridgehead atoms. The molecular weight excluding hydrogens is 284 g/mol. The highest BCUT2D eigenvalue weighted by molar-refractivity contribution is 5.74. The number of ether oxygens (including phenoxy) is 1. The van der Waals surface area contributed by atoms with Crippen LogP contribution in [0.25, 0.3) is 0 Å². The molecule has 0 fully saturated rings. The smallest absolute Gasteiger partial charge is 0.220 e. The molecule has 2 rings (SSSR count). The number of hydrogen-bond donors (Lipinski definition) is 3. The minimum absolute atomic E-state index is 0.323. The number of carbonyl (C=O) groups excluding carboxylic acids is 1. The zero-order valence-electron chi connectivity index (χ0n) is 11.9. The van der Waals surface area contributed by atoms with Crippen LogP contribution in [0.4, 0.5) is 0 Å². The molecule has 1 aromatic heterocycles. The summed E-state index contributed by atoms with van der Waals surface area (Å²) in [5.41, 5.74) is 6.36. The van der Waals surface area contributed by atoms with E-state index in [1.165, 1.54) is 12.4 Å². The molecule has 2 aromatic rings. The first-order valence-corrected chi connectivity index (χ1v) is 6.82. The summed E-state index contributed by atoms with van der Waals surface area (Å²) in [5.74, 6) is -0.220. The predicted octanol–water partition coefficient (Wildman–Crippen LogP) is 0.930. The third kappa shape index (κ3) is 4.54. The topological polar surface area (TPSA) is 106 Å². The van der Waals surface area contributed by atoms with Crippen molar-refractivity contribution in [2.24, 2.45) is 5.73 Å². The molecule has 116 valence electrons. The van der Waals surface area contributed by atoms with Gasteiger partial charge in [0.1, 0.15) is 18.5 Å².